The Bertz CT molecular complexity index is 1080. The Morgan fingerprint density at radius 3 is 0.556 bits per heavy atom. The fourth-order valence-electron chi connectivity index (χ4n) is 10.4. The van der Waals surface area contributed by atoms with Gasteiger partial charge in [-0.2, -0.15) is 0 Å². The molecule has 0 amide bonds. The van der Waals surface area contributed by atoms with Crippen molar-refractivity contribution in [2.75, 3.05) is 13.2 Å². The zero-order chi connectivity index (χ0) is 52.2. The van der Waals surface area contributed by atoms with E-state index in [1.807, 2.05) is 0 Å². The molecule has 0 radical (unpaired) electrons. The average molecular weight is 1020 g/mol. The molecular formula is C66H128O6. The summed E-state index contributed by atoms with van der Waals surface area (Å²) >= 11 is 0. The minimum Gasteiger partial charge on any atom is -0.462 e. The van der Waals surface area contributed by atoms with Crippen LogP contribution in [0.3, 0.4) is 0 Å². The Hall–Kier alpha value is -1.59. The summed E-state index contributed by atoms with van der Waals surface area (Å²) in [4.78, 5) is 37.9. The third kappa shape index (κ3) is 59.3. The zero-order valence-electron chi connectivity index (χ0n) is 49.2. The first-order chi connectivity index (χ1) is 35.5. The van der Waals surface area contributed by atoms with E-state index in [-0.39, 0.29) is 31.1 Å². The molecular weight excluding hydrogens is 889 g/mol. The molecule has 0 aromatic heterocycles. The lowest BCUT2D eigenvalue weighted by molar-refractivity contribution is -0.167. The number of unbranched alkanes of at least 4 members (excludes halogenated alkanes) is 51. The number of hydrogen-bond donors (Lipinski definition) is 0. The van der Waals surface area contributed by atoms with E-state index in [9.17, 15) is 14.4 Å². The fourth-order valence-corrected chi connectivity index (χ4v) is 10.4. The molecule has 0 aliphatic heterocycles. The predicted octanol–water partition coefficient (Wildman–Crippen LogP) is 22.3. The molecule has 72 heavy (non-hydrogen) atoms. The van der Waals surface area contributed by atoms with Crippen LogP contribution in [0.2, 0.25) is 0 Å². The molecule has 0 rings (SSSR count). The van der Waals surface area contributed by atoms with Gasteiger partial charge in [-0.05, 0) is 19.3 Å². The van der Waals surface area contributed by atoms with Gasteiger partial charge in [0, 0.05) is 19.3 Å². The number of rotatable bonds is 62. The van der Waals surface area contributed by atoms with Crippen LogP contribution in [-0.2, 0) is 28.6 Å². The molecule has 0 aromatic rings. The van der Waals surface area contributed by atoms with Gasteiger partial charge in [-0.25, -0.2) is 0 Å². The van der Waals surface area contributed by atoms with Gasteiger partial charge in [0.25, 0.3) is 0 Å². The van der Waals surface area contributed by atoms with Gasteiger partial charge in [0.05, 0.1) is 0 Å². The normalized spacial score (nSPS) is 11.9. The van der Waals surface area contributed by atoms with Gasteiger partial charge in [-0.15, -0.1) is 0 Å². The molecule has 6 nitrogen and oxygen atoms in total. The van der Waals surface area contributed by atoms with Gasteiger partial charge in [-0.1, -0.05) is 348 Å². The SMILES string of the molecule is CCCCCCCCCCCCCCCCCCCCCCCCCCCCCCC(=O)OCC(COC(=O)CCCCCCC)OC(=O)CCCCCCCCCCCCCCCCCCCCCCC. The summed E-state index contributed by atoms with van der Waals surface area (Å²) in [5, 5.41) is 0. The number of carbonyl (C=O) groups excluding carboxylic acids is 3. The van der Waals surface area contributed by atoms with Crippen molar-refractivity contribution in [3.8, 4) is 0 Å². The summed E-state index contributed by atoms with van der Waals surface area (Å²) in [5.74, 6) is -0.846. The molecule has 0 aromatic carbocycles. The Balaban J connectivity index is 3.92. The van der Waals surface area contributed by atoms with E-state index in [0.29, 0.717) is 19.3 Å². The highest BCUT2D eigenvalue weighted by molar-refractivity contribution is 5.71. The minimum atomic E-state index is -0.760. The lowest BCUT2D eigenvalue weighted by Crippen LogP contribution is -2.30. The average Bonchev–Trinajstić information content (AvgIpc) is 3.38. The zero-order valence-corrected chi connectivity index (χ0v) is 49.2. The number of esters is 3. The van der Waals surface area contributed by atoms with Crippen LogP contribution in [0.15, 0.2) is 0 Å². The maximum Gasteiger partial charge on any atom is 0.306 e. The van der Waals surface area contributed by atoms with Crippen molar-refractivity contribution in [1.82, 2.24) is 0 Å². The van der Waals surface area contributed by atoms with Crippen LogP contribution in [0.4, 0.5) is 0 Å². The van der Waals surface area contributed by atoms with Gasteiger partial charge in [-0.3, -0.25) is 14.4 Å². The number of ether oxygens (including phenoxy) is 3. The van der Waals surface area contributed by atoms with Gasteiger partial charge >= 0.3 is 17.9 Å². The van der Waals surface area contributed by atoms with Crippen LogP contribution >= 0.6 is 0 Å². The van der Waals surface area contributed by atoms with Crippen LogP contribution in [-0.4, -0.2) is 37.2 Å². The highest BCUT2D eigenvalue weighted by Gasteiger charge is 2.19. The molecule has 0 heterocycles. The maximum absolute atomic E-state index is 12.8. The van der Waals surface area contributed by atoms with E-state index in [1.54, 1.807) is 0 Å². The van der Waals surface area contributed by atoms with E-state index >= 15 is 0 Å². The van der Waals surface area contributed by atoms with Gasteiger partial charge in [0.1, 0.15) is 13.2 Å². The van der Waals surface area contributed by atoms with Crippen LogP contribution in [0, 0.1) is 0 Å². The molecule has 0 fully saturated rings. The van der Waals surface area contributed by atoms with Crippen molar-refractivity contribution >= 4 is 17.9 Å². The van der Waals surface area contributed by atoms with E-state index in [4.69, 9.17) is 14.2 Å². The first-order valence-electron chi connectivity index (χ1n) is 33.0. The molecule has 0 aliphatic carbocycles. The maximum atomic E-state index is 12.8. The Morgan fingerprint density at radius 1 is 0.222 bits per heavy atom. The van der Waals surface area contributed by atoms with Crippen molar-refractivity contribution in [3.63, 3.8) is 0 Å². The first kappa shape index (κ1) is 70.4. The standard InChI is InChI=1S/C66H128O6/c1-4-7-10-13-15-17-19-21-23-25-27-29-30-31-32-33-34-35-37-38-40-42-44-46-48-50-53-56-59-65(68)71-62-63(61-70-64(67)58-55-52-12-9-6-3)72-66(69)60-57-54-51-49-47-45-43-41-39-36-28-26-24-22-20-18-16-14-11-8-5-2/h63H,4-62H2,1-3H3. The molecule has 6 heteroatoms. The van der Waals surface area contributed by atoms with Crippen LogP contribution in [0.25, 0.3) is 0 Å². The molecule has 0 N–H and O–H groups in total. The Morgan fingerprint density at radius 2 is 0.375 bits per heavy atom. The van der Waals surface area contributed by atoms with Crippen LogP contribution in [0.1, 0.15) is 387 Å². The second-order valence-electron chi connectivity index (χ2n) is 22.8. The summed E-state index contributed by atoms with van der Waals surface area (Å²) in [6.07, 6.45) is 71.8. The number of carbonyl (C=O) groups is 3. The topological polar surface area (TPSA) is 78.9 Å². The quantitative estimate of drug-likeness (QED) is 0.0343. The molecule has 0 saturated heterocycles. The first-order valence-corrected chi connectivity index (χ1v) is 33.0. The summed E-state index contributed by atoms with van der Waals surface area (Å²) in [6, 6.07) is 0. The van der Waals surface area contributed by atoms with Crippen molar-refractivity contribution in [1.29, 1.82) is 0 Å². The van der Waals surface area contributed by atoms with Crippen LogP contribution in [0.5, 0.6) is 0 Å². The van der Waals surface area contributed by atoms with Gasteiger partial charge in [0.15, 0.2) is 6.10 Å². The summed E-state index contributed by atoms with van der Waals surface area (Å²) in [5.41, 5.74) is 0. The lowest BCUT2D eigenvalue weighted by Gasteiger charge is -2.18. The molecule has 0 spiro atoms. The monoisotopic (exact) mass is 1020 g/mol. The molecule has 428 valence electrons. The lowest BCUT2D eigenvalue weighted by atomic mass is 10.0. The summed E-state index contributed by atoms with van der Waals surface area (Å²) in [6.45, 7) is 6.64. The molecule has 0 saturated carbocycles. The second-order valence-corrected chi connectivity index (χ2v) is 22.8. The van der Waals surface area contributed by atoms with Crippen molar-refractivity contribution < 1.29 is 28.6 Å². The third-order valence-electron chi connectivity index (χ3n) is 15.4. The third-order valence-corrected chi connectivity index (χ3v) is 15.4. The smallest absolute Gasteiger partial charge is 0.306 e. The molecule has 1 atom stereocenters. The highest BCUT2D eigenvalue weighted by Crippen LogP contribution is 2.19. The molecule has 0 bridgehead atoms. The number of hydrogen-bond acceptors (Lipinski definition) is 6. The van der Waals surface area contributed by atoms with Gasteiger partial charge < -0.3 is 14.2 Å². The van der Waals surface area contributed by atoms with E-state index in [2.05, 4.69) is 20.8 Å². The highest BCUT2D eigenvalue weighted by atomic mass is 16.6. The van der Waals surface area contributed by atoms with Gasteiger partial charge in [0.2, 0.25) is 0 Å². The van der Waals surface area contributed by atoms with E-state index in [0.717, 1.165) is 64.2 Å². The molecule has 0 aliphatic rings. The van der Waals surface area contributed by atoms with E-state index < -0.39 is 6.10 Å². The second kappa shape index (κ2) is 62.0. The van der Waals surface area contributed by atoms with Crippen molar-refractivity contribution in [2.45, 2.75) is 393 Å². The minimum absolute atomic E-state index is 0.0623. The predicted molar refractivity (Wildman–Crippen MR) is 312 cm³/mol. The van der Waals surface area contributed by atoms with Crippen LogP contribution < -0.4 is 0 Å². The van der Waals surface area contributed by atoms with Crippen molar-refractivity contribution in [3.05, 3.63) is 0 Å². The van der Waals surface area contributed by atoms with Crippen molar-refractivity contribution in [2.24, 2.45) is 0 Å². The Labute approximate surface area is 450 Å². The fraction of sp³-hybridized carbons (Fsp3) is 0.955. The summed E-state index contributed by atoms with van der Waals surface area (Å²) < 4.78 is 16.8. The van der Waals surface area contributed by atoms with E-state index in [1.165, 1.54) is 283 Å². The molecule has 1 unspecified atom stereocenters. The largest absolute Gasteiger partial charge is 0.462 e. The summed E-state index contributed by atoms with van der Waals surface area (Å²) in [7, 11) is 0. The Kier molecular flexibility index (Phi) is 60.6.